The molecule has 0 spiro atoms. The molecule has 0 saturated carbocycles. The first-order chi connectivity index (χ1) is 9.52. The Hall–Kier alpha value is -1.81. The fourth-order valence-corrected chi connectivity index (χ4v) is 2.44. The zero-order chi connectivity index (χ0) is 14.7. The van der Waals surface area contributed by atoms with Crippen LogP contribution in [0.1, 0.15) is 42.3 Å². The summed E-state index contributed by atoms with van der Waals surface area (Å²) in [6.45, 7) is 9.47. The van der Waals surface area contributed by atoms with Crippen molar-refractivity contribution in [3.05, 3.63) is 47.0 Å². The van der Waals surface area contributed by atoms with Crippen molar-refractivity contribution in [2.75, 3.05) is 0 Å². The van der Waals surface area contributed by atoms with Crippen molar-refractivity contribution in [2.45, 2.75) is 46.9 Å². The Labute approximate surface area is 120 Å². The van der Waals surface area contributed by atoms with Crippen LogP contribution < -0.4 is 10.5 Å². The lowest BCUT2D eigenvalue weighted by Gasteiger charge is -2.16. The van der Waals surface area contributed by atoms with Gasteiger partial charge in [-0.25, -0.2) is 4.98 Å². The van der Waals surface area contributed by atoms with Gasteiger partial charge in [-0.2, -0.15) is 0 Å². The number of rotatable bonds is 5. The van der Waals surface area contributed by atoms with Gasteiger partial charge in [0.2, 0.25) is 0 Å². The van der Waals surface area contributed by atoms with Gasteiger partial charge in [0.15, 0.2) is 0 Å². The van der Waals surface area contributed by atoms with Crippen LogP contribution in [-0.2, 0) is 13.2 Å². The molecule has 0 aliphatic carbocycles. The van der Waals surface area contributed by atoms with Gasteiger partial charge in [-0.1, -0.05) is 12.1 Å². The van der Waals surface area contributed by atoms with Crippen molar-refractivity contribution in [3.8, 4) is 5.75 Å². The number of nitrogens with zero attached hydrogens (tertiary/aromatic N) is 2. The zero-order valence-electron chi connectivity index (χ0n) is 12.7. The average molecular weight is 273 g/mol. The molecule has 2 N–H and O–H groups in total. The predicted octanol–water partition coefficient (Wildman–Crippen LogP) is 3.12. The van der Waals surface area contributed by atoms with E-state index in [2.05, 4.69) is 49.4 Å². The Morgan fingerprint density at radius 2 is 1.90 bits per heavy atom. The maximum atomic E-state index is 6.00. The van der Waals surface area contributed by atoms with Gasteiger partial charge in [-0.05, 0) is 44.4 Å². The van der Waals surface area contributed by atoms with E-state index >= 15 is 0 Å². The van der Waals surface area contributed by atoms with Gasteiger partial charge >= 0.3 is 0 Å². The van der Waals surface area contributed by atoms with Crippen LogP contribution in [0.25, 0.3) is 0 Å². The van der Waals surface area contributed by atoms with E-state index in [1.165, 1.54) is 0 Å². The molecule has 1 aromatic carbocycles. The van der Waals surface area contributed by atoms with Crippen LogP contribution in [0.2, 0.25) is 0 Å². The summed E-state index contributed by atoms with van der Waals surface area (Å²) in [6, 6.07) is 4.56. The number of imidazole rings is 1. The quantitative estimate of drug-likeness (QED) is 0.910. The van der Waals surface area contributed by atoms with Gasteiger partial charge in [0.25, 0.3) is 0 Å². The van der Waals surface area contributed by atoms with Gasteiger partial charge in [0.05, 0.1) is 18.2 Å². The Bertz CT molecular complexity index is 564. The molecule has 108 valence electrons. The van der Waals surface area contributed by atoms with E-state index in [9.17, 15) is 0 Å². The lowest BCUT2D eigenvalue weighted by molar-refractivity contribution is 0.288. The Morgan fingerprint density at radius 3 is 2.45 bits per heavy atom. The second kappa shape index (κ2) is 6.09. The molecule has 1 heterocycles. The van der Waals surface area contributed by atoms with E-state index in [0.717, 1.165) is 28.1 Å². The standard InChI is InChI=1S/C16H23N3O/c1-11(2)19-10-18-8-15(19)9-20-16-12(3)5-14(7-17)6-13(16)4/h5-6,8,10-11H,7,9,17H2,1-4H3. The van der Waals surface area contributed by atoms with Crippen molar-refractivity contribution < 1.29 is 4.74 Å². The minimum atomic E-state index is 0.387. The monoisotopic (exact) mass is 273 g/mol. The molecule has 0 aliphatic rings. The zero-order valence-corrected chi connectivity index (χ0v) is 12.7. The normalized spacial score (nSPS) is 11.1. The minimum Gasteiger partial charge on any atom is -0.487 e. The molecule has 0 saturated heterocycles. The molecule has 0 aliphatic heterocycles. The maximum Gasteiger partial charge on any atom is 0.130 e. The summed E-state index contributed by atoms with van der Waals surface area (Å²) >= 11 is 0. The highest BCUT2D eigenvalue weighted by atomic mass is 16.5. The summed E-state index contributed by atoms with van der Waals surface area (Å²) in [4.78, 5) is 4.19. The number of benzene rings is 1. The number of aromatic nitrogens is 2. The molecular weight excluding hydrogens is 250 g/mol. The Kier molecular flexibility index (Phi) is 4.45. The first-order valence-corrected chi connectivity index (χ1v) is 6.96. The van der Waals surface area contributed by atoms with Crippen LogP contribution in [0, 0.1) is 13.8 Å². The van der Waals surface area contributed by atoms with Crippen LogP contribution in [-0.4, -0.2) is 9.55 Å². The summed E-state index contributed by atoms with van der Waals surface area (Å²) in [5.41, 5.74) is 10.2. The lowest BCUT2D eigenvalue weighted by Crippen LogP contribution is -2.08. The molecule has 2 rings (SSSR count). The average Bonchev–Trinajstić information content (AvgIpc) is 2.86. The second-order valence-electron chi connectivity index (χ2n) is 5.44. The van der Waals surface area contributed by atoms with Crippen LogP contribution in [0.3, 0.4) is 0 Å². The molecule has 0 bridgehead atoms. The predicted molar refractivity (Wildman–Crippen MR) is 80.8 cm³/mol. The third kappa shape index (κ3) is 3.02. The highest BCUT2D eigenvalue weighted by Gasteiger charge is 2.09. The lowest BCUT2D eigenvalue weighted by atomic mass is 10.1. The first-order valence-electron chi connectivity index (χ1n) is 6.96. The molecule has 0 atom stereocenters. The minimum absolute atomic E-state index is 0.387. The maximum absolute atomic E-state index is 6.00. The van der Waals surface area contributed by atoms with Gasteiger partial charge < -0.3 is 15.0 Å². The number of aryl methyl sites for hydroxylation is 2. The van der Waals surface area contributed by atoms with Crippen molar-refractivity contribution in [3.63, 3.8) is 0 Å². The summed E-state index contributed by atoms with van der Waals surface area (Å²) in [5, 5.41) is 0. The summed E-state index contributed by atoms with van der Waals surface area (Å²) in [6.07, 6.45) is 3.71. The molecule has 0 fully saturated rings. The van der Waals surface area contributed by atoms with Crippen molar-refractivity contribution in [1.29, 1.82) is 0 Å². The van der Waals surface area contributed by atoms with Gasteiger partial charge in [0, 0.05) is 12.6 Å². The fourth-order valence-electron chi connectivity index (χ4n) is 2.44. The molecule has 4 nitrogen and oxygen atoms in total. The Morgan fingerprint density at radius 1 is 1.25 bits per heavy atom. The topological polar surface area (TPSA) is 53.1 Å². The molecule has 0 radical (unpaired) electrons. The van der Waals surface area contributed by atoms with E-state index < -0.39 is 0 Å². The van der Waals surface area contributed by atoms with Crippen LogP contribution in [0.4, 0.5) is 0 Å². The summed E-state index contributed by atoms with van der Waals surface area (Å²) in [7, 11) is 0. The molecule has 20 heavy (non-hydrogen) atoms. The number of nitrogens with two attached hydrogens (primary N) is 1. The van der Waals surface area contributed by atoms with E-state index in [1.54, 1.807) is 0 Å². The molecule has 0 unspecified atom stereocenters. The highest BCUT2D eigenvalue weighted by molar-refractivity contribution is 5.43. The van der Waals surface area contributed by atoms with Crippen LogP contribution >= 0.6 is 0 Å². The highest BCUT2D eigenvalue weighted by Crippen LogP contribution is 2.26. The second-order valence-corrected chi connectivity index (χ2v) is 5.44. The number of hydrogen-bond donors (Lipinski definition) is 1. The molecule has 2 aromatic rings. The molecule has 4 heteroatoms. The van der Waals surface area contributed by atoms with E-state index in [4.69, 9.17) is 10.5 Å². The number of ether oxygens (including phenoxy) is 1. The van der Waals surface area contributed by atoms with E-state index in [0.29, 0.717) is 19.2 Å². The van der Waals surface area contributed by atoms with Crippen LogP contribution in [0.15, 0.2) is 24.7 Å². The molecular formula is C16H23N3O. The third-order valence-electron chi connectivity index (χ3n) is 3.42. The molecule has 0 amide bonds. The first kappa shape index (κ1) is 14.6. The van der Waals surface area contributed by atoms with Crippen molar-refractivity contribution >= 4 is 0 Å². The largest absolute Gasteiger partial charge is 0.487 e. The van der Waals surface area contributed by atoms with Gasteiger partial charge in [0.1, 0.15) is 12.4 Å². The smallest absolute Gasteiger partial charge is 0.130 e. The van der Waals surface area contributed by atoms with E-state index in [-0.39, 0.29) is 0 Å². The van der Waals surface area contributed by atoms with Gasteiger partial charge in [-0.3, -0.25) is 0 Å². The number of hydrogen-bond acceptors (Lipinski definition) is 3. The van der Waals surface area contributed by atoms with Crippen molar-refractivity contribution in [2.24, 2.45) is 5.73 Å². The van der Waals surface area contributed by atoms with Crippen LogP contribution in [0.5, 0.6) is 5.75 Å². The summed E-state index contributed by atoms with van der Waals surface area (Å²) < 4.78 is 8.12. The molecule has 1 aromatic heterocycles. The van der Waals surface area contributed by atoms with Crippen molar-refractivity contribution in [1.82, 2.24) is 9.55 Å². The Balaban J connectivity index is 2.17. The third-order valence-corrected chi connectivity index (χ3v) is 3.42. The summed E-state index contributed by atoms with van der Waals surface area (Å²) in [5.74, 6) is 0.943. The SMILES string of the molecule is Cc1cc(CN)cc(C)c1OCc1cncn1C(C)C. The van der Waals surface area contributed by atoms with Gasteiger partial charge in [-0.15, -0.1) is 0 Å². The van der Waals surface area contributed by atoms with E-state index in [1.807, 2.05) is 12.5 Å². The fraction of sp³-hybridized carbons (Fsp3) is 0.438.